The zero-order valence-electron chi connectivity index (χ0n) is 18.4. The lowest BCUT2D eigenvalue weighted by molar-refractivity contribution is 0.176. The van der Waals surface area contributed by atoms with Gasteiger partial charge in [-0.05, 0) is 73.3 Å². The molecule has 4 atom stereocenters. The van der Waals surface area contributed by atoms with Gasteiger partial charge in [0, 0.05) is 17.5 Å². The van der Waals surface area contributed by atoms with E-state index >= 15 is 0 Å². The van der Waals surface area contributed by atoms with Crippen molar-refractivity contribution in [2.75, 3.05) is 5.32 Å². The summed E-state index contributed by atoms with van der Waals surface area (Å²) in [6, 6.07) is 13.5. The van der Waals surface area contributed by atoms with Crippen molar-refractivity contribution in [3.05, 3.63) is 59.3 Å². The largest absolute Gasteiger partial charge is 0.331 e. The van der Waals surface area contributed by atoms with E-state index in [1.807, 2.05) is 18.2 Å². The number of carbonyl (C=O) groups excluding carboxylic acids is 1. The van der Waals surface area contributed by atoms with E-state index in [4.69, 9.17) is 0 Å². The molecule has 166 valence electrons. The third-order valence-electron chi connectivity index (χ3n) is 7.87. The first-order valence-electron chi connectivity index (χ1n) is 12.1. The first kappa shape index (κ1) is 19.8. The molecular weight excluding hydrogens is 398 g/mol. The summed E-state index contributed by atoms with van der Waals surface area (Å²) in [5, 5.41) is 18.2. The van der Waals surface area contributed by atoms with Crippen molar-refractivity contribution in [2.24, 2.45) is 5.92 Å². The predicted molar refractivity (Wildman–Crippen MR) is 127 cm³/mol. The van der Waals surface area contributed by atoms with E-state index in [-0.39, 0.29) is 12.1 Å². The second kappa shape index (κ2) is 8.24. The molecule has 1 saturated carbocycles. The van der Waals surface area contributed by atoms with Crippen molar-refractivity contribution >= 4 is 22.6 Å². The summed E-state index contributed by atoms with van der Waals surface area (Å²) in [4.78, 5) is 12.8. The highest BCUT2D eigenvalue weighted by molar-refractivity contribution is 6.00. The molecule has 4 N–H and O–H groups in total. The van der Waals surface area contributed by atoms with Gasteiger partial charge in [0.25, 0.3) is 0 Å². The van der Waals surface area contributed by atoms with Crippen LogP contribution >= 0.6 is 0 Å². The molecule has 6 rings (SSSR count). The fraction of sp³-hybridized carbons (Fsp3) is 0.462. The highest BCUT2D eigenvalue weighted by Gasteiger charge is 2.34. The number of hydrogen-bond donors (Lipinski definition) is 4. The number of H-pyrrole nitrogens is 1. The highest BCUT2D eigenvalue weighted by atomic mass is 16.2. The molecule has 1 saturated heterocycles. The number of aromatic amines is 1. The number of fused-ring (bicyclic) bond motifs is 3. The molecule has 0 spiro atoms. The standard InChI is InChI=1S/C26H31N5O/c32-26(29-22-9-4-10-25-20(22)15-27-31-25)30-24-14-12-17-18(6-3-7-19(17)24)23-13-11-16-5-1-2-8-21(16)28-23/h3-4,6-7,9-10,15-16,21,23-24,28H,1-2,5,8,11-14H2,(H,27,31)(H2,29,30,32). The average molecular weight is 430 g/mol. The number of piperidine rings is 1. The van der Waals surface area contributed by atoms with Gasteiger partial charge in [0.1, 0.15) is 0 Å². The van der Waals surface area contributed by atoms with Crippen LogP contribution in [0, 0.1) is 5.92 Å². The lowest BCUT2D eigenvalue weighted by Crippen LogP contribution is -2.45. The number of benzene rings is 2. The van der Waals surface area contributed by atoms with Gasteiger partial charge < -0.3 is 16.0 Å². The molecule has 2 heterocycles. The number of aromatic nitrogens is 2. The summed E-state index contributed by atoms with van der Waals surface area (Å²) in [5.41, 5.74) is 5.88. The molecule has 3 aromatic rings. The van der Waals surface area contributed by atoms with E-state index in [1.165, 1.54) is 55.2 Å². The molecule has 2 aromatic carbocycles. The van der Waals surface area contributed by atoms with Gasteiger partial charge in [-0.25, -0.2) is 4.79 Å². The molecule has 6 nitrogen and oxygen atoms in total. The molecule has 2 aliphatic carbocycles. The number of amides is 2. The Bertz CT molecular complexity index is 1140. The minimum atomic E-state index is -0.164. The fourth-order valence-corrected chi connectivity index (χ4v) is 6.29. The van der Waals surface area contributed by atoms with Gasteiger partial charge in [0.05, 0.1) is 23.4 Å². The Hall–Kier alpha value is -2.86. The molecule has 1 aromatic heterocycles. The second-order valence-corrected chi connectivity index (χ2v) is 9.69. The van der Waals surface area contributed by atoms with E-state index in [0.717, 1.165) is 35.3 Å². The molecule has 2 amide bonds. The summed E-state index contributed by atoms with van der Waals surface area (Å²) in [5.74, 6) is 0.870. The van der Waals surface area contributed by atoms with Gasteiger partial charge in [-0.2, -0.15) is 5.10 Å². The quantitative estimate of drug-likeness (QED) is 0.453. The van der Waals surface area contributed by atoms with E-state index in [9.17, 15) is 4.79 Å². The maximum Gasteiger partial charge on any atom is 0.319 e. The number of rotatable bonds is 3. The maximum absolute atomic E-state index is 12.8. The molecule has 0 radical (unpaired) electrons. The van der Waals surface area contributed by atoms with Crippen LogP contribution in [0.3, 0.4) is 0 Å². The minimum absolute atomic E-state index is 0.0551. The normalized spacial score (nSPS) is 27.0. The predicted octanol–water partition coefficient (Wildman–Crippen LogP) is 5.36. The van der Waals surface area contributed by atoms with Crippen molar-refractivity contribution < 1.29 is 4.79 Å². The molecule has 32 heavy (non-hydrogen) atoms. The van der Waals surface area contributed by atoms with Crippen LogP contribution in [0.2, 0.25) is 0 Å². The molecule has 1 aliphatic heterocycles. The number of urea groups is 1. The molecule has 0 bridgehead atoms. The van der Waals surface area contributed by atoms with Crippen molar-refractivity contribution in [3.63, 3.8) is 0 Å². The van der Waals surface area contributed by atoms with Crippen LogP contribution < -0.4 is 16.0 Å². The van der Waals surface area contributed by atoms with Gasteiger partial charge in [0.15, 0.2) is 0 Å². The molecule has 4 unspecified atom stereocenters. The van der Waals surface area contributed by atoms with Crippen LogP contribution in [0.25, 0.3) is 10.9 Å². The van der Waals surface area contributed by atoms with Gasteiger partial charge >= 0.3 is 6.03 Å². The van der Waals surface area contributed by atoms with Gasteiger partial charge in [-0.1, -0.05) is 37.1 Å². The molecule has 6 heteroatoms. The zero-order chi connectivity index (χ0) is 21.5. The Labute approximate surface area is 188 Å². The number of nitrogens with zero attached hydrogens (tertiary/aromatic N) is 1. The zero-order valence-corrected chi connectivity index (χ0v) is 18.4. The smallest absolute Gasteiger partial charge is 0.319 e. The van der Waals surface area contributed by atoms with Crippen LogP contribution in [-0.2, 0) is 6.42 Å². The lowest BCUT2D eigenvalue weighted by Gasteiger charge is -2.41. The minimum Gasteiger partial charge on any atom is -0.331 e. The molecular formula is C26H31N5O. The Balaban J connectivity index is 1.17. The van der Waals surface area contributed by atoms with Gasteiger partial charge in [-0.3, -0.25) is 5.10 Å². The Morgan fingerprint density at radius 3 is 2.81 bits per heavy atom. The third kappa shape index (κ3) is 3.56. The monoisotopic (exact) mass is 429 g/mol. The Morgan fingerprint density at radius 1 is 0.969 bits per heavy atom. The first-order valence-corrected chi connectivity index (χ1v) is 12.1. The van der Waals surface area contributed by atoms with Crippen LogP contribution in [0.4, 0.5) is 10.5 Å². The Morgan fingerprint density at radius 2 is 1.84 bits per heavy atom. The summed E-state index contributed by atoms with van der Waals surface area (Å²) >= 11 is 0. The summed E-state index contributed by atoms with van der Waals surface area (Å²) in [6.07, 6.45) is 11.8. The van der Waals surface area contributed by atoms with Gasteiger partial charge in [-0.15, -0.1) is 0 Å². The molecule has 2 fully saturated rings. The number of carbonyl (C=O) groups is 1. The van der Waals surface area contributed by atoms with E-state index in [0.29, 0.717) is 12.1 Å². The fourth-order valence-electron chi connectivity index (χ4n) is 6.29. The number of hydrogen-bond acceptors (Lipinski definition) is 3. The topological polar surface area (TPSA) is 81.8 Å². The average Bonchev–Trinajstić information content (AvgIpc) is 3.47. The number of nitrogens with one attached hydrogen (secondary N) is 4. The summed E-state index contributed by atoms with van der Waals surface area (Å²) in [6.45, 7) is 0. The second-order valence-electron chi connectivity index (χ2n) is 9.69. The van der Waals surface area contributed by atoms with Crippen molar-refractivity contribution in [1.29, 1.82) is 0 Å². The van der Waals surface area contributed by atoms with E-state index in [2.05, 4.69) is 44.3 Å². The van der Waals surface area contributed by atoms with Gasteiger partial charge in [0.2, 0.25) is 0 Å². The SMILES string of the molecule is O=C(Nc1cccc2[nH]ncc12)NC1CCc2c1cccc2C1CCC2CCCCC2N1. The maximum atomic E-state index is 12.8. The van der Waals surface area contributed by atoms with E-state index < -0.39 is 0 Å². The van der Waals surface area contributed by atoms with Crippen molar-refractivity contribution in [2.45, 2.75) is 69.5 Å². The van der Waals surface area contributed by atoms with Crippen molar-refractivity contribution in [1.82, 2.24) is 20.8 Å². The highest BCUT2D eigenvalue weighted by Crippen LogP contribution is 2.41. The number of anilines is 1. The third-order valence-corrected chi connectivity index (χ3v) is 7.87. The van der Waals surface area contributed by atoms with Crippen molar-refractivity contribution in [3.8, 4) is 0 Å². The summed E-state index contributed by atoms with van der Waals surface area (Å²) in [7, 11) is 0. The van der Waals surface area contributed by atoms with Crippen LogP contribution in [0.1, 0.15) is 73.7 Å². The van der Waals surface area contributed by atoms with E-state index in [1.54, 1.807) is 6.20 Å². The Kier molecular flexibility index (Phi) is 5.10. The molecule has 3 aliphatic rings. The lowest BCUT2D eigenvalue weighted by atomic mass is 9.76. The van der Waals surface area contributed by atoms with Crippen LogP contribution in [0.15, 0.2) is 42.6 Å². The summed E-state index contributed by atoms with van der Waals surface area (Å²) < 4.78 is 0. The first-order chi connectivity index (χ1) is 15.8. The van der Waals surface area contributed by atoms with Crippen LogP contribution in [-0.4, -0.2) is 22.3 Å². The van der Waals surface area contributed by atoms with Crippen LogP contribution in [0.5, 0.6) is 0 Å².